The molecule has 0 N–H and O–H groups in total. The van der Waals surface area contributed by atoms with Crippen LogP contribution in [0.25, 0.3) is 0 Å². The van der Waals surface area contributed by atoms with Crippen LogP contribution >= 0.6 is 0 Å². The van der Waals surface area contributed by atoms with Crippen LogP contribution in [0.5, 0.6) is 0 Å². The van der Waals surface area contributed by atoms with Gasteiger partial charge in [0.2, 0.25) is 23.6 Å². The molecule has 2 saturated heterocycles. The van der Waals surface area contributed by atoms with E-state index in [-0.39, 0.29) is 19.8 Å². The summed E-state index contributed by atoms with van der Waals surface area (Å²) in [6, 6.07) is -1.67. The third-order valence-corrected chi connectivity index (χ3v) is 6.25. The molecule has 0 spiro atoms. The van der Waals surface area contributed by atoms with Crippen molar-refractivity contribution in [3.63, 3.8) is 0 Å². The molecule has 0 atom stereocenters. The van der Waals surface area contributed by atoms with E-state index < -0.39 is 73.6 Å². The smallest absolute Gasteiger partial charge is 0.362 e. The molecule has 18 nitrogen and oxygen atoms in total. The number of carbonyl (C=O) groups is 8. The first kappa shape index (κ1) is 40.0. The molecule has 0 bridgehead atoms. The molecule has 0 saturated carbocycles. The number of ether oxygens (including phenoxy) is 4. The Hall–Kier alpha value is -4.00. The highest BCUT2D eigenvalue weighted by Gasteiger charge is 2.38. The normalized spacial score (nSPS) is 15.3. The Morgan fingerprint density at radius 3 is 1.61 bits per heavy atom. The second-order valence-corrected chi connectivity index (χ2v) is 9.91. The highest BCUT2D eigenvalue weighted by molar-refractivity contribution is 6.15. The summed E-state index contributed by atoms with van der Waals surface area (Å²) in [5.41, 5.74) is 0. The maximum atomic E-state index is 11.7. The predicted molar refractivity (Wildman–Crippen MR) is 154 cm³/mol. The van der Waals surface area contributed by atoms with Crippen LogP contribution in [-0.2, 0) is 57.5 Å². The number of imide groups is 4. The lowest BCUT2D eigenvalue weighted by molar-refractivity contribution is -0.276. The second kappa shape index (κ2) is 22.5. The second-order valence-electron chi connectivity index (χ2n) is 9.91. The summed E-state index contributed by atoms with van der Waals surface area (Å²) < 4.78 is 20.3. The van der Waals surface area contributed by atoms with Crippen molar-refractivity contribution in [3.05, 3.63) is 0 Å². The number of hydrogen-bond acceptors (Lipinski definition) is 14. The first-order valence-electron chi connectivity index (χ1n) is 14.8. The quantitative estimate of drug-likeness (QED) is 0.0565. The summed E-state index contributed by atoms with van der Waals surface area (Å²) >= 11 is 0. The van der Waals surface area contributed by atoms with Gasteiger partial charge in [-0.25, -0.2) is 14.4 Å². The maximum Gasteiger partial charge on any atom is 0.362 e. The SMILES string of the molecule is CCCOCCOCCOOC(=O)CN1C(=O)CC(=O)N(C)C1=O.COCCCCCCOC(=O)CN1C(=O)CC(=O)N(C)C1=O. The van der Waals surface area contributed by atoms with Gasteiger partial charge in [-0.2, -0.15) is 4.89 Å². The molecule has 46 heavy (non-hydrogen) atoms. The highest BCUT2D eigenvalue weighted by Crippen LogP contribution is 2.11. The first-order valence-corrected chi connectivity index (χ1v) is 14.8. The number of esters is 1. The summed E-state index contributed by atoms with van der Waals surface area (Å²) in [5.74, 6) is -4.20. The van der Waals surface area contributed by atoms with Crippen molar-refractivity contribution in [3.8, 4) is 0 Å². The van der Waals surface area contributed by atoms with Crippen LogP contribution in [0.2, 0.25) is 0 Å². The molecule has 2 rings (SSSR count). The van der Waals surface area contributed by atoms with E-state index in [9.17, 15) is 38.4 Å². The molecule has 0 aromatic heterocycles. The Bertz CT molecular complexity index is 1070. The number of amides is 8. The van der Waals surface area contributed by atoms with Crippen LogP contribution in [0.15, 0.2) is 0 Å². The average Bonchev–Trinajstić information content (AvgIpc) is 3.02. The van der Waals surface area contributed by atoms with Gasteiger partial charge in [0.1, 0.15) is 32.5 Å². The van der Waals surface area contributed by atoms with Crippen LogP contribution in [-0.4, -0.2) is 148 Å². The molecule has 18 heteroatoms. The molecule has 2 aliphatic heterocycles. The summed E-state index contributed by atoms with van der Waals surface area (Å²) in [6.45, 7) is 3.62. The minimum atomic E-state index is -0.925. The molecular weight excluding hydrogens is 616 g/mol. The van der Waals surface area contributed by atoms with E-state index >= 15 is 0 Å². The van der Waals surface area contributed by atoms with Crippen LogP contribution < -0.4 is 0 Å². The molecule has 260 valence electrons. The summed E-state index contributed by atoms with van der Waals surface area (Å²) in [5, 5.41) is 0. The van der Waals surface area contributed by atoms with Gasteiger partial charge in [0.05, 0.1) is 26.4 Å². The molecule has 0 aliphatic carbocycles. The molecule has 2 aliphatic rings. The third-order valence-electron chi connectivity index (χ3n) is 6.25. The number of urea groups is 2. The Labute approximate surface area is 267 Å². The average molecular weight is 661 g/mol. The molecule has 0 radical (unpaired) electrons. The zero-order valence-corrected chi connectivity index (χ0v) is 26.8. The lowest BCUT2D eigenvalue weighted by atomic mass is 10.2. The number of carbonyl (C=O) groups excluding carboxylic acids is 8. The van der Waals surface area contributed by atoms with Crippen molar-refractivity contribution in [2.75, 3.05) is 80.5 Å². The topological polar surface area (TPSA) is 205 Å². The number of barbiturate groups is 2. The molecular formula is C28H44N4O14. The molecule has 0 aromatic rings. The lowest BCUT2D eigenvalue weighted by Gasteiger charge is -2.29. The molecule has 2 fully saturated rings. The zero-order valence-electron chi connectivity index (χ0n) is 26.8. The van der Waals surface area contributed by atoms with Crippen LogP contribution in [0.1, 0.15) is 51.9 Å². The van der Waals surface area contributed by atoms with Gasteiger partial charge in [0.25, 0.3) is 0 Å². The molecule has 2 heterocycles. The Kier molecular flexibility index (Phi) is 19.6. The van der Waals surface area contributed by atoms with Crippen molar-refractivity contribution in [2.45, 2.75) is 51.9 Å². The van der Waals surface area contributed by atoms with Crippen molar-refractivity contribution in [2.24, 2.45) is 0 Å². The monoisotopic (exact) mass is 660 g/mol. The van der Waals surface area contributed by atoms with Crippen molar-refractivity contribution in [1.82, 2.24) is 19.6 Å². The van der Waals surface area contributed by atoms with E-state index in [1.165, 1.54) is 14.1 Å². The number of unbranched alkanes of at least 4 members (excludes halogenated alkanes) is 3. The number of nitrogens with zero attached hydrogens (tertiary/aromatic N) is 4. The number of methoxy groups -OCH3 is 1. The van der Waals surface area contributed by atoms with E-state index in [2.05, 4.69) is 9.78 Å². The van der Waals surface area contributed by atoms with Gasteiger partial charge in [-0.3, -0.25) is 48.5 Å². The van der Waals surface area contributed by atoms with E-state index in [0.29, 0.717) is 31.3 Å². The van der Waals surface area contributed by atoms with Gasteiger partial charge >= 0.3 is 24.0 Å². The van der Waals surface area contributed by atoms with Gasteiger partial charge in [-0.05, 0) is 25.7 Å². The van der Waals surface area contributed by atoms with Gasteiger partial charge in [-0.15, -0.1) is 0 Å². The fourth-order valence-corrected chi connectivity index (χ4v) is 3.67. The minimum absolute atomic E-state index is 0.000199. The summed E-state index contributed by atoms with van der Waals surface area (Å²) in [7, 11) is 4.15. The lowest BCUT2D eigenvalue weighted by Crippen LogP contribution is -2.54. The maximum absolute atomic E-state index is 11.7. The predicted octanol–water partition coefficient (Wildman–Crippen LogP) is 0.262. The van der Waals surface area contributed by atoms with E-state index in [4.69, 9.17) is 18.9 Å². The molecule has 8 amide bonds. The van der Waals surface area contributed by atoms with Crippen molar-refractivity contribution in [1.29, 1.82) is 0 Å². The minimum Gasteiger partial charge on any atom is -0.464 e. The fraction of sp³-hybridized carbons (Fsp3) is 0.714. The standard InChI is InChI=1S/C14H22N2O8.C14H22N2O6/c1-3-4-21-5-6-22-7-8-23-24-13(19)10-16-12(18)9-11(17)15(2)14(16)20;1-15-11(17)9-12(18)16(14(15)20)10-13(19)22-8-6-4-3-5-7-21-2/h3-10H2,1-2H3;3-10H2,1-2H3. The van der Waals surface area contributed by atoms with Crippen LogP contribution in [0.3, 0.4) is 0 Å². The largest absolute Gasteiger partial charge is 0.464 e. The van der Waals surface area contributed by atoms with Gasteiger partial charge in [0.15, 0.2) is 0 Å². The number of rotatable bonds is 20. The van der Waals surface area contributed by atoms with Crippen molar-refractivity contribution < 1.29 is 67.1 Å². The van der Waals surface area contributed by atoms with Crippen LogP contribution in [0, 0.1) is 0 Å². The van der Waals surface area contributed by atoms with E-state index in [0.717, 1.165) is 46.8 Å². The zero-order chi connectivity index (χ0) is 34.5. The van der Waals surface area contributed by atoms with Crippen LogP contribution in [0.4, 0.5) is 9.59 Å². The van der Waals surface area contributed by atoms with E-state index in [1.54, 1.807) is 7.11 Å². The van der Waals surface area contributed by atoms with Gasteiger partial charge < -0.3 is 18.9 Å². The Morgan fingerprint density at radius 1 is 0.609 bits per heavy atom. The Balaban J connectivity index is 0.000000462. The molecule has 0 unspecified atom stereocenters. The first-order chi connectivity index (χ1) is 21.9. The van der Waals surface area contributed by atoms with Crippen molar-refractivity contribution >= 4 is 47.6 Å². The Morgan fingerprint density at radius 2 is 1.09 bits per heavy atom. The molecule has 0 aromatic carbocycles. The van der Waals surface area contributed by atoms with Gasteiger partial charge in [0, 0.05) is 34.4 Å². The fourth-order valence-electron chi connectivity index (χ4n) is 3.67. The summed E-state index contributed by atoms with van der Waals surface area (Å²) in [6.07, 6.45) is 3.64. The number of hydrogen-bond donors (Lipinski definition) is 0. The third kappa shape index (κ3) is 14.9. The summed E-state index contributed by atoms with van der Waals surface area (Å²) in [4.78, 5) is 105. The van der Waals surface area contributed by atoms with Gasteiger partial charge in [-0.1, -0.05) is 13.3 Å². The highest BCUT2D eigenvalue weighted by atomic mass is 17.2. The van der Waals surface area contributed by atoms with E-state index in [1.807, 2.05) is 6.92 Å².